The van der Waals surface area contributed by atoms with E-state index in [-0.39, 0.29) is 40.1 Å². The normalized spacial score (nSPS) is 17.0. The molecule has 16 heteroatoms. The number of benzene rings is 2. The first-order valence-electron chi connectivity index (χ1n) is 14.5. The van der Waals surface area contributed by atoms with Gasteiger partial charge in [-0.2, -0.15) is 5.10 Å². The van der Waals surface area contributed by atoms with Gasteiger partial charge in [-0.3, -0.25) is 19.5 Å². The number of carboxylic acid groups (broad SMARTS) is 1. The van der Waals surface area contributed by atoms with E-state index in [9.17, 15) is 18.0 Å². The average molecular weight is 678 g/mol. The van der Waals surface area contributed by atoms with Crippen molar-refractivity contribution in [1.29, 1.82) is 0 Å². The number of ether oxygens (including phenoxy) is 2. The van der Waals surface area contributed by atoms with Crippen LogP contribution in [-0.4, -0.2) is 82.9 Å². The zero-order chi connectivity index (χ0) is 33.3. The molecule has 1 saturated heterocycles. The number of nitrogens with zero attached hydrogens (tertiary/aromatic N) is 4. The number of morpholine rings is 1. The predicted octanol–water partition coefficient (Wildman–Crippen LogP) is 4.45. The van der Waals surface area contributed by atoms with Gasteiger partial charge in [0.1, 0.15) is 16.4 Å². The number of rotatable bonds is 10. The highest BCUT2D eigenvalue weighted by Crippen LogP contribution is 2.34. The fraction of sp³-hybridized carbons (Fsp3) is 0.258. The predicted molar refractivity (Wildman–Crippen MR) is 175 cm³/mol. The van der Waals surface area contributed by atoms with E-state index in [2.05, 4.69) is 35.1 Å². The lowest BCUT2D eigenvalue weighted by Gasteiger charge is -2.34. The van der Waals surface area contributed by atoms with E-state index in [1.807, 2.05) is 13.8 Å². The van der Waals surface area contributed by atoms with Crippen LogP contribution in [0.15, 0.2) is 65.1 Å². The average Bonchev–Trinajstić information content (AvgIpc) is 3.70. The Morgan fingerprint density at radius 1 is 1.09 bits per heavy atom. The minimum atomic E-state index is -4.13. The number of sulfonamides is 1. The Hall–Kier alpha value is -4.90. The van der Waals surface area contributed by atoms with Gasteiger partial charge in [0.2, 0.25) is 5.88 Å². The molecule has 0 spiro atoms. The van der Waals surface area contributed by atoms with Crippen molar-refractivity contribution in [2.45, 2.75) is 37.5 Å². The third-order valence-corrected chi connectivity index (χ3v) is 9.69. The molecule has 1 fully saturated rings. The largest absolute Gasteiger partial charge is 0.480 e. The van der Waals surface area contributed by atoms with Crippen LogP contribution in [0.3, 0.4) is 0 Å². The zero-order valence-electron chi connectivity index (χ0n) is 25.6. The van der Waals surface area contributed by atoms with Crippen LogP contribution in [0.4, 0.5) is 11.4 Å². The molecule has 2 atom stereocenters. The SMILES string of the molecule is COc1ncc(-c2cc(NC(=O)c3csc(CN4C[C@@H](C)O[C@@H](C)C4)n3)c3cn[nH]c3c2)cc1NS(=O)(=O)c1ccc(C(=O)O)cc1. The van der Waals surface area contributed by atoms with Gasteiger partial charge in [0.15, 0.2) is 0 Å². The number of fused-ring (bicyclic) bond motifs is 1. The molecule has 4 heterocycles. The molecule has 2 aromatic carbocycles. The van der Waals surface area contributed by atoms with Crippen LogP contribution < -0.4 is 14.8 Å². The molecule has 1 aliphatic heterocycles. The molecule has 0 unspecified atom stereocenters. The minimum absolute atomic E-state index is 0.0240. The van der Waals surface area contributed by atoms with Crippen molar-refractivity contribution < 1.29 is 32.6 Å². The second-order valence-corrected chi connectivity index (χ2v) is 13.7. The maximum atomic E-state index is 13.4. The zero-order valence-corrected chi connectivity index (χ0v) is 27.2. The van der Waals surface area contributed by atoms with Crippen LogP contribution in [0.1, 0.15) is 39.7 Å². The number of anilines is 2. The van der Waals surface area contributed by atoms with Gasteiger partial charge < -0.3 is 19.9 Å². The van der Waals surface area contributed by atoms with Gasteiger partial charge in [-0.15, -0.1) is 11.3 Å². The summed E-state index contributed by atoms with van der Waals surface area (Å²) in [5, 5.41) is 22.4. The molecule has 0 aliphatic carbocycles. The monoisotopic (exact) mass is 677 g/mol. The lowest BCUT2D eigenvalue weighted by atomic mass is 10.0. The van der Waals surface area contributed by atoms with Crippen molar-refractivity contribution in [3.63, 3.8) is 0 Å². The highest BCUT2D eigenvalue weighted by Gasteiger charge is 2.24. The van der Waals surface area contributed by atoms with Crippen molar-refractivity contribution in [3.8, 4) is 17.0 Å². The van der Waals surface area contributed by atoms with E-state index in [1.165, 1.54) is 48.9 Å². The van der Waals surface area contributed by atoms with Gasteiger partial charge in [0.05, 0.1) is 53.7 Å². The van der Waals surface area contributed by atoms with Crippen molar-refractivity contribution in [2.24, 2.45) is 0 Å². The second kappa shape index (κ2) is 13.1. The summed E-state index contributed by atoms with van der Waals surface area (Å²) in [5.74, 6) is -1.53. The van der Waals surface area contributed by atoms with Crippen LogP contribution in [-0.2, 0) is 21.3 Å². The van der Waals surface area contributed by atoms with E-state index in [0.717, 1.165) is 18.1 Å². The third-order valence-electron chi connectivity index (χ3n) is 7.48. The fourth-order valence-corrected chi connectivity index (χ4v) is 7.29. The number of methoxy groups -OCH3 is 1. The molecule has 244 valence electrons. The molecule has 3 aromatic heterocycles. The van der Waals surface area contributed by atoms with Crippen LogP contribution in [0.25, 0.3) is 22.0 Å². The maximum absolute atomic E-state index is 13.4. The third kappa shape index (κ3) is 7.10. The van der Waals surface area contributed by atoms with Crippen LogP contribution in [0.2, 0.25) is 0 Å². The molecule has 14 nitrogen and oxygen atoms in total. The first kappa shape index (κ1) is 32.1. The summed E-state index contributed by atoms with van der Waals surface area (Å²) in [5.41, 5.74) is 2.52. The number of thiazole rings is 1. The molecular formula is C31H31N7O7S2. The molecular weight excluding hydrogens is 647 g/mol. The number of pyridine rings is 1. The van der Waals surface area contributed by atoms with Crippen molar-refractivity contribution in [2.75, 3.05) is 30.2 Å². The number of nitrogens with one attached hydrogen (secondary N) is 3. The Morgan fingerprint density at radius 2 is 1.81 bits per heavy atom. The maximum Gasteiger partial charge on any atom is 0.335 e. The summed E-state index contributed by atoms with van der Waals surface area (Å²) in [7, 11) is -2.77. The Morgan fingerprint density at radius 3 is 2.51 bits per heavy atom. The Balaban J connectivity index is 1.25. The number of aromatic carboxylic acids is 1. The lowest BCUT2D eigenvalue weighted by molar-refractivity contribution is -0.0705. The molecule has 0 radical (unpaired) electrons. The van der Waals surface area contributed by atoms with Gasteiger partial charge in [-0.25, -0.2) is 23.2 Å². The van der Waals surface area contributed by atoms with Crippen LogP contribution in [0, 0.1) is 0 Å². The standard InChI is InChI=1S/C31H31N7O7S2/c1-17-13-38(14-18(2)45-17)15-28-34-27(16-46-28)29(39)35-24-8-20(9-25-23(24)12-33-36-25)21-10-26(30(44-3)32-11-21)37-47(42,43)22-6-4-19(5-7-22)31(40)41/h4-12,16-18,37H,13-15H2,1-3H3,(H,33,36)(H,35,39)(H,40,41)/t17-,18+. The molecule has 1 aliphatic rings. The summed E-state index contributed by atoms with van der Waals surface area (Å²) in [6, 6.07) is 9.90. The molecule has 4 N–H and O–H groups in total. The fourth-order valence-electron chi connectivity index (χ4n) is 5.43. The van der Waals surface area contributed by atoms with E-state index in [1.54, 1.807) is 29.8 Å². The Labute approximate surface area is 273 Å². The second-order valence-electron chi connectivity index (χ2n) is 11.1. The summed E-state index contributed by atoms with van der Waals surface area (Å²) in [6.45, 7) is 6.29. The van der Waals surface area contributed by atoms with Gasteiger partial charge in [-0.05, 0) is 61.9 Å². The molecule has 1 amide bonds. The molecule has 6 rings (SSSR count). The molecule has 0 bridgehead atoms. The lowest BCUT2D eigenvalue weighted by Crippen LogP contribution is -2.44. The smallest absolute Gasteiger partial charge is 0.335 e. The van der Waals surface area contributed by atoms with E-state index in [4.69, 9.17) is 14.6 Å². The summed E-state index contributed by atoms with van der Waals surface area (Å²) < 4.78 is 40.0. The topological polar surface area (TPSA) is 189 Å². The van der Waals surface area contributed by atoms with Gasteiger partial charge in [0.25, 0.3) is 15.9 Å². The van der Waals surface area contributed by atoms with E-state index >= 15 is 0 Å². The van der Waals surface area contributed by atoms with E-state index in [0.29, 0.717) is 40.0 Å². The Bertz CT molecular complexity index is 2050. The number of hydrogen-bond donors (Lipinski definition) is 4. The number of carbonyl (C=O) groups is 2. The van der Waals surface area contributed by atoms with Gasteiger partial charge >= 0.3 is 5.97 Å². The van der Waals surface area contributed by atoms with E-state index < -0.39 is 16.0 Å². The first-order chi connectivity index (χ1) is 22.5. The number of carbonyl (C=O) groups excluding carboxylic acids is 1. The number of aromatic nitrogens is 4. The molecule has 47 heavy (non-hydrogen) atoms. The highest BCUT2D eigenvalue weighted by atomic mass is 32.2. The summed E-state index contributed by atoms with van der Waals surface area (Å²) in [6.07, 6.45) is 3.37. The van der Waals surface area contributed by atoms with Crippen molar-refractivity contribution >= 4 is 55.5 Å². The van der Waals surface area contributed by atoms with Gasteiger partial charge in [-0.1, -0.05) is 0 Å². The summed E-state index contributed by atoms with van der Waals surface area (Å²) >= 11 is 1.42. The van der Waals surface area contributed by atoms with Crippen molar-refractivity contribution in [1.82, 2.24) is 25.1 Å². The number of hydrogen-bond acceptors (Lipinski definition) is 11. The Kier molecular flexibility index (Phi) is 8.92. The van der Waals surface area contributed by atoms with Crippen LogP contribution in [0.5, 0.6) is 5.88 Å². The van der Waals surface area contributed by atoms with Crippen molar-refractivity contribution in [3.05, 3.63) is 76.5 Å². The molecule has 0 saturated carbocycles. The number of aromatic amines is 1. The van der Waals surface area contributed by atoms with Gasteiger partial charge in [0, 0.05) is 35.6 Å². The van der Waals surface area contributed by atoms with Crippen LogP contribution >= 0.6 is 11.3 Å². The minimum Gasteiger partial charge on any atom is -0.480 e. The number of carboxylic acids is 1. The highest BCUT2D eigenvalue weighted by molar-refractivity contribution is 7.92. The quantitative estimate of drug-likeness (QED) is 0.163. The number of H-pyrrole nitrogens is 1. The molecule has 5 aromatic rings. The number of amides is 1. The first-order valence-corrected chi connectivity index (χ1v) is 16.9. The summed E-state index contributed by atoms with van der Waals surface area (Å²) in [4.78, 5) is 35.5.